The first kappa shape index (κ1) is 6.05. The minimum absolute atomic E-state index is 0.212. The molecule has 0 N–H and O–H groups in total. The summed E-state index contributed by atoms with van der Waals surface area (Å²) < 4.78 is 5.02. The Labute approximate surface area is 50.2 Å². The van der Waals surface area contributed by atoms with Gasteiger partial charge in [0.2, 0.25) is 0 Å². The molecule has 0 spiro atoms. The van der Waals surface area contributed by atoms with Crippen LogP contribution in [0.25, 0.3) is 0 Å². The average Bonchev–Trinajstić information content (AvgIpc) is 1.90. The number of nitrogens with zero attached hydrogens (tertiary/aromatic N) is 1. The lowest BCUT2D eigenvalue weighted by Crippen LogP contribution is -2.28. The van der Waals surface area contributed by atoms with Gasteiger partial charge in [0.05, 0.1) is 0 Å². The Bertz CT molecular complexity index is 59.5. The maximum Gasteiger partial charge on any atom is 0.122 e. The van der Waals surface area contributed by atoms with Gasteiger partial charge in [0.1, 0.15) is 6.23 Å². The van der Waals surface area contributed by atoms with Crippen LogP contribution >= 0.6 is 0 Å². The predicted octanol–water partition coefficient (Wildman–Crippen LogP) is 0.747. The molecule has 1 aliphatic rings. The number of ether oxygens (including phenoxy) is 1. The molecular formula is C6H12NO. The van der Waals surface area contributed by atoms with Gasteiger partial charge in [-0.3, -0.25) is 0 Å². The topological polar surface area (TPSA) is 23.3 Å². The largest absolute Gasteiger partial charge is 0.365 e. The Hall–Kier alpha value is -0.0800. The molecule has 0 aromatic heterocycles. The predicted molar refractivity (Wildman–Crippen MR) is 31.6 cm³/mol. The van der Waals surface area contributed by atoms with Crippen molar-refractivity contribution in [3.05, 3.63) is 0 Å². The molecule has 1 saturated heterocycles. The summed E-state index contributed by atoms with van der Waals surface area (Å²) in [5.74, 6) is 0. The molecule has 2 nitrogen and oxygen atoms in total. The van der Waals surface area contributed by atoms with Gasteiger partial charge in [-0.15, -0.1) is 0 Å². The Morgan fingerprint density at radius 1 is 1.50 bits per heavy atom. The summed E-state index contributed by atoms with van der Waals surface area (Å²) in [4.78, 5) is 0. The first-order valence-corrected chi connectivity index (χ1v) is 3.13. The molecule has 8 heavy (non-hydrogen) atoms. The van der Waals surface area contributed by atoms with Crippen LogP contribution in [0.2, 0.25) is 0 Å². The zero-order chi connectivity index (χ0) is 5.82. The lowest BCUT2D eigenvalue weighted by Gasteiger charge is -2.19. The third-order valence-electron chi connectivity index (χ3n) is 1.46. The van der Waals surface area contributed by atoms with Crippen molar-refractivity contribution in [2.45, 2.75) is 25.5 Å². The molecule has 47 valence electrons. The van der Waals surface area contributed by atoms with E-state index in [4.69, 9.17) is 4.74 Å². The highest BCUT2D eigenvalue weighted by atomic mass is 16.5. The zero-order valence-electron chi connectivity index (χ0n) is 5.26. The van der Waals surface area contributed by atoms with E-state index in [0.717, 1.165) is 13.0 Å². The van der Waals surface area contributed by atoms with Gasteiger partial charge < -0.3 is 4.74 Å². The summed E-state index contributed by atoms with van der Waals surface area (Å²) in [6, 6.07) is 0. The van der Waals surface area contributed by atoms with Crippen molar-refractivity contribution in [1.82, 2.24) is 5.32 Å². The zero-order valence-corrected chi connectivity index (χ0v) is 5.26. The first-order valence-electron chi connectivity index (χ1n) is 3.13. The molecule has 1 heterocycles. The standard InChI is InChI=1S/C6H12NO/c1-8-6-4-2-3-5-7-6/h6H,2-5H2,1H3. The smallest absolute Gasteiger partial charge is 0.122 e. The molecule has 1 radical (unpaired) electrons. The highest BCUT2D eigenvalue weighted by Gasteiger charge is 2.10. The third-order valence-corrected chi connectivity index (χ3v) is 1.46. The van der Waals surface area contributed by atoms with Crippen molar-refractivity contribution >= 4 is 0 Å². The van der Waals surface area contributed by atoms with Crippen LogP contribution in [0.5, 0.6) is 0 Å². The summed E-state index contributed by atoms with van der Waals surface area (Å²) in [7, 11) is 1.72. The van der Waals surface area contributed by atoms with Gasteiger partial charge in [-0.1, -0.05) is 0 Å². The number of hydrogen-bond acceptors (Lipinski definition) is 1. The molecule has 0 saturated carbocycles. The van der Waals surface area contributed by atoms with Crippen LogP contribution < -0.4 is 5.32 Å². The fourth-order valence-electron chi connectivity index (χ4n) is 0.950. The van der Waals surface area contributed by atoms with E-state index in [1.807, 2.05) is 0 Å². The van der Waals surface area contributed by atoms with E-state index in [1.54, 1.807) is 7.11 Å². The van der Waals surface area contributed by atoms with E-state index in [9.17, 15) is 0 Å². The van der Waals surface area contributed by atoms with Crippen molar-refractivity contribution in [3.63, 3.8) is 0 Å². The van der Waals surface area contributed by atoms with Crippen molar-refractivity contribution in [3.8, 4) is 0 Å². The molecule has 0 aliphatic carbocycles. The Morgan fingerprint density at radius 3 is 2.75 bits per heavy atom. The molecule has 0 aromatic rings. The maximum atomic E-state index is 5.02. The van der Waals surface area contributed by atoms with E-state index in [-0.39, 0.29) is 6.23 Å². The second kappa shape index (κ2) is 3.05. The Morgan fingerprint density at radius 2 is 2.38 bits per heavy atom. The van der Waals surface area contributed by atoms with E-state index < -0.39 is 0 Å². The molecule has 0 aromatic carbocycles. The van der Waals surface area contributed by atoms with Gasteiger partial charge in [-0.2, -0.15) is 0 Å². The van der Waals surface area contributed by atoms with Gasteiger partial charge in [0.25, 0.3) is 0 Å². The van der Waals surface area contributed by atoms with Crippen molar-refractivity contribution in [2.24, 2.45) is 0 Å². The molecule has 2 heteroatoms. The van der Waals surface area contributed by atoms with Gasteiger partial charge in [0.15, 0.2) is 0 Å². The van der Waals surface area contributed by atoms with Crippen molar-refractivity contribution < 1.29 is 4.74 Å². The van der Waals surface area contributed by atoms with Crippen LogP contribution in [0.3, 0.4) is 0 Å². The van der Waals surface area contributed by atoms with E-state index in [0.29, 0.717) is 0 Å². The number of piperidine rings is 1. The van der Waals surface area contributed by atoms with Crippen molar-refractivity contribution in [2.75, 3.05) is 13.7 Å². The molecule has 0 amide bonds. The van der Waals surface area contributed by atoms with Gasteiger partial charge in [-0.05, 0) is 19.3 Å². The maximum absolute atomic E-state index is 5.02. The Balaban J connectivity index is 2.13. The van der Waals surface area contributed by atoms with Crippen LogP contribution in [-0.4, -0.2) is 19.9 Å². The van der Waals surface area contributed by atoms with Crippen LogP contribution in [0, 0.1) is 0 Å². The van der Waals surface area contributed by atoms with Crippen molar-refractivity contribution in [1.29, 1.82) is 0 Å². The lowest BCUT2D eigenvalue weighted by molar-refractivity contribution is 0.0490. The lowest BCUT2D eigenvalue weighted by atomic mass is 10.1. The SMILES string of the molecule is COC1CCCC[N]1. The fourth-order valence-corrected chi connectivity index (χ4v) is 0.950. The van der Waals surface area contributed by atoms with Crippen LogP contribution in [0.15, 0.2) is 0 Å². The number of methoxy groups -OCH3 is 1. The van der Waals surface area contributed by atoms with Gasteiger partial charge in [0, 0.05) is 13.7 Å². The second-order valence-electron chi connectivity index (χ2n) is 2.09. The summed E-state index contributed by atoms with van der Waals surface area (Å²) in [6.07, 6.45) is 3.86. The molecular weight excluding hydrogens is 102 g/mol. The summed E-state index contributed by atoms with van der Waals surface area (Å²) >= 11 is 0. The average molecular weight is 114 g/mol. The highest BCUT2D eigenvalue weighted by molar-refractivity contribution is 4.61. The molecule has 1 atom stereocenters. The van der Waals surface area contributed by atoms with Crippen LogP contribution in [0.1, 0.15) is 19.3 Å². The van der Waals surface area contributed by atoms with E-state index in [1.165, 1.54) is 12.8 Å². The summed E-state index contributed by atoms with van der Waals surface area (Å²) in [5, 5.41) is 4.23. The fraction of sp³-hybridized carbons (Fsp3) is 1.00. The van der Waals surface area contributed by atoms with E-state index >= 15 is 0 Å². The monoisotopic (exact) mass is 114 g/mol. The normalized spacial score (nSPS) is 30.4. The minimum atomic E-state index is 0.212. The third kappa shape index (κ3) is 1.46. The van der Waals surface area contributed by atoms with E-state index in [2.05, 4.69) is 5.32 Å². The number of hydrogen-bond donors (Lipinski definition) is 0. The molecule has 1 fully saturated rings. The summed E-state index contributed by atoms with van der Waals surface area (Å²) in [6.45, 7) is 0.999. The molecule has 1 aliphatic heterocycles. The van der Waals surface area contributed by atoms with Crippen LogP contribution in [-0.2, 0) is 4.74 Å². The van der Waals surface area contributed by atoms with Gasteiger partial charge in [-0.25, -0.2) is 5.32 Å². The molecule has 0 bridgehead atoms. The van der Waals surface area contributed by atoms with Gasteiger partial charge >= 0.3 is 0 Å². The minimum Gasteiger partial charge on any atom is -0.365 e. The summed E-state index contributed by atoms with van der Waals surface area (Å²) in [5.41, 5.74) is 0. The Kier molecular flexibility index (Phi) is 2.30. The highest BCUT2D eigenvalue weighted by Crippen LogP contribution is 2.07. The molecule has 1 unspecified atom stereocenters. The number of rotatable bonds is 1. The quantitative estimate of drug-likeness (QED) is 0.493. The van der Waals surface area contributed by atoms with Crippen LogP contribution in [0.4, 0.5) is 0 Å². The molecule has 1 rings (SSSR count). The first-order chi connectivity index (χ1) is 3.93. The second-order valence-corrected chi connectivity index (χ2v) is 2.09.